The van der Waals surface area contributed by atoms with E-state index in [-0.39, 0.29) is 29.0 Å². The zero-order valence-electron chi connectivity index (χ0n) is 15.8. The van der Waals surface area contributed by atoms with Gasteiger partial charge in [-0.1, -0.05) is 19.4 Å². The normalized spacial score (nSPS) is 51.9. The van der Waals surface area contributed by atoms with Crippen molar-refractivity contribution < 1.29 is 25.2 Å². The maximum atomic E-state index is 11.9. The summed E-state index contributed by atoms with van der Waals surface area (Å²) in [5, 5.41) is 42.3. The number of carbonyl (C=O) groups is 1. The van der Waals surface area contributed by atoms with Crippen molar-refractivity contribution in [2.75, 3.05) is 6.61 Å². The molecule has 4 rings (SSSR count). The number of fused-ring (bicyclic) bond motifs is 5. The quantitative estimate of drug-likeness (QED) is 0.596. The summed E-state index contributed by atoms with van der Waals surface area (Å²) in [5.41, 5.74) is -0.898. The molecule has 4 aliphatic carbocycles. The van der Waals surface area contributed by atoms with Gasteiger partial charge in [0.2, 0.25) is 0 Å². The fourth-order valence-corrected chi connectivity index (χ4v) is 7.42. The Balaban J connectivity index is 1.72. The zero-order chi connectivity index (χ0) is 18.9. The molecule has 0 spiro atoms. The third kappa shape index (κ3) is 2.20. The van der Waals surface area contributed by atoms with Gasteiger partial charge in [-0.05, 0) is 67.8 Å². The average molecular weight is 364 g/mol. The van der Waals surface area contributed by atoms with E-state index >= 15 is 0 Å². The molecule has 0 bridgehead atoms. The number of rotatable bonds is 2. The summed E-state index contributed by atoms with van der Waals surface area (Å²) in [7, 11) is 0. The Morgan fingerprint density at radius 3 is 2.65 bits per heavy atom. The minimum absolute atomic E-state index is 0.0993. The van der Waals surface area contributed by atoms with Crippen molar-refractivity contribution >= 4 is 5.78 Å². The Morgan fingerprint density at radius 2 is 1.96 bits per heavy atom. The standard InChI is InChI=1S/C21H32O5/c1-19-7-5-13(23)9-12(19)3-4-14-15-6-8-21(26,17(25)11-22)20(15,2)10-16(24)18(14)19/h9,14-18,22,24-26H,3-8,10-11H2,1-2H3/t14-,15-,16-,17+,18+,19-,20-,21-/m1/s1. The highest BCUT2D eigenvalue weighted by Gasteiger charge is 2.67. The minimum atomic E-state index is -1.35. The molecule has 0 aromatic heterocycles. The van der Waals surface area contributed by atoms with Crippen LogP contribution in [-0.4, -0.2) is 50.6 Å². The molecule has 0 unspecified atom stereocenters. The van der Waals surface area contributed by atoms with Gasteiger partial charge in [-0.25, -0.2) is 0 Å². The van der Waals surface area contributed by atoms with E-state index < -0.39 is 29.8 Å². The van der Waals surface area contributed by atoms with Crippen LogP contribution in [0.4, 0.5) is 0 Å². The molecular formula is C21H32O5. The van der Waals surface area contributed by atoms with Gasteiger partial charge in [0, 0.05) is 11.8 Å². The minimum Gasteiger partial charge on any atom is -0.394 e. The van der Waals surface area contributed by atoms with Gasteiger partial charge in [0.05, 0.1) is 18.3 Å². The number of aliphatic hydroxyl groups is 4. The summed E-state index contributed by atoms with van der Waals surface area (Å²) >= 11 is 0. The lowest BCUT2D eigenvalue weighted by molar-refractivity contribution is -0.207. The third-order valence-corrected chi connectivity index (χ3v) is 8.84. The van der Waals surface area contributed by atoms with Crippen LogP contribution in [-0.2, 0) is 4.79 Å². The Labute approximate surface area is 155 Å². The number of hydrogen-bond donors (Lipinski definition) is 4. The smallest absolute Gasteiger partial charge is 0.155 e. The molecule has 5 heteroatoms. The molecule has 3 fully saturated rings. The van der Waals surface area contributed by atoms with E-state index in [0.717, 1.165) is 25.7 Å². The molecule has 0 aromatic carbocycles. The lowest BCUT2D eigenvalue weighted by atomic mass is 9.45. The van der Waals surface area contributed by atoms with Crippen LogP contribution in [0.25, 0.3) is 0 Å². The second kappa shape index (κ2) is 5.87. The van der Waals surface area contributed by atoms with Crippen LogP contribution in [0, 0.1) is 28.6 Å². The molecule has 0 amide bonds. The predicted molar refractivity (Wildman–Crippen MR) is 96.1 cm³/mol. The first kappa shape index (κ1) is 18.6. The van der Waals surface area contributed by atoms with Crippen LogP contribution in [0.1, 0.15) is 58.8 Å². The number of allylic oxidation sites excluding steroid dienone is 1. The second-order valence-electron chi connectivity index (χ2n) is 9.74. The van der Waals surface area contributed by atoms with Crippen LogP contribution in [0.15, 0.2) is 11.6 Å². The highest BCUT2D eigenvalue weighted by atomic mass is 16.4. The van der Waals surface area contributed by atoms with Crippen LogP contribution in [0.3, 0.4) is 0 Å². The highest BCUT2D eigenvalue weighted by molar-refractivity contribution is 5.91. The molecule has 4 aliphatic rings. The first-order chi connectivity index (χ1) is 12.2. The summed E-state index contributed by atoms with van der Waals surface area (Å²) < 4.78 is 0. The van der Waals surface area contributed by atoms with Crippen molar-refractivity contribution in [3.05, 3.63) is 11.6 Å². The average Bonchev–Trinajstić information content (AvgIpc) is 2.86. The number of aliphatic hydroxyl groups excluding tert-OH is 3. The topological polar surface area (TPSA) is 98.0 Å². The third-order valence-electron chi connectivity index (χ3n) is 8.84. The largest absolute Gasteiger partial charge is 0.394 e. The maximum absolute atomic E-state index is 11.9. The Morgan fingerprint density at radius 1 is 1.23 bits per heavy atom. The fourth-order valence-electron chi connectivity index (χ4n) is 7.42. The molecule has 146 valence electrons. The molecule has 0 saturated heterocycles. The van der Waals surface area contributed by atoms with E-state index in [1.165, 1.54) is 5.57 Å². The highest BCUT2D eigenvalue weighted by Crippen LogP contribution is 2.67. The van der Waals surface area contributed by atoms with Gasteiger partial charge in [0.15, 0.2) is 5.78 Å². The van der Waals surface area contributed by atoms with Gasteiger partial charge in [-0.15, -0.1) is 0 Å². The molecule has 0 radical (unpaired) electrons. The van der Waals surface area contributed by atoms with Gasteiger partial charge in [-0.3, -0.25) is 4.79 Å². The van der Waals surface area contributed by atoms with Crippen LogP contribution >= 0.6 is 0 Å². The Bertz CT molecular complexity index is 644. The van der Waals surface area contributed by atoms with Crippen molar-refractivity contribution in [1.29, 1.82) is 0 Å². The molecule has 26 heavy (non-hydrogen) atoms. The molecule has 4 N–H and O–H groups in total. The van der Waals surface area contributed by atoms with E-state index in [1.807, 2.05) is 13.0 Å². The molecule has 0 aromatic rings. The number of ketones is 1. The fraction of sp³-hybridized carbons (Fsp3) is 0.857. The van der Waals surface area contributed by atoms with Crippen molar-refractivity contribution in [3.63, 3.8) is 0 Å². The number of hydrogen-bond acceptors (Lipinski definition) is 5. The predicted octanol–water partition coefficient (Wildman–Crippen LogP) is 1.57. The first-order valence-corrected chi connectivity index (χ1v) is 10.1. The van der Waals surface area contributed by atoms with Gasteiger partial charge in [0.1, 0.15) is 6.10 Å². The monoisotopic (exact) mass is 364 g/mol. The van der Waals surface area contributed by atoms with E-state index in [9.17, 15) is 25.2 Å². The molecule has 5 nitrogen and oxygen atoms in total. The van der Waals surface area contributed by atoms with Gasteiger partial charge in [0.25, 0.3) is 0 Å². The van der Waals surface area contributed by atoms with Gasteiger partial charge < -0.3 is 20.4 Å². The Kier molecular flexibility index (Phi) is 4.20. The van der Waals surface area contributed by atoms with E-state index in [2.05, 4.69) is 6.92 Å². The summed E-state index contributed by atoms with van der Waals surface area (Å²) in [6, 6.07) is 0. The van der Waals surface area contributed by atoms with Crippen LogP contribution in [0.5, 0.6) is 0 Å². The molecule has 0 heterocycles. The summed E-state index contributed by atoms with van der Waals surface area (Å²) in [6.45, 7) is 3.73. The van der Waals surface area contributed by atoms with Crippen LogP contribution < -0.4 is 0 Å². The zero-order valence-corrected chi connectivity index (χ0v) is 15.8. The molecule has 0 aliphatic heterocycles. The van der Waals surface area contributed by atoms with Crippen LogP contribution in [0.2, 0.25) is 0 Å². The van der Waals surface area contributed by atoms with Gasteiger partial charge >= 0.3 is 0 Å². The van der Waals surface area contributed by atoms with Crippen molar-refractivity contribution in [2.24, 2.45) is 28.6 Å². The molecule has 8 atom stereocenters. The SMILES string of the molecule is C[C@@]12CCC(=O)C=C1CC[C@H]1[C@H]2[C@H](O)C[C@]2(C)[C@@H]1CC[C@@]2(O)[C@@H](O)CO. The van der Waals surface area contributed by atoms with Gasteiger partial charge in [-0.2, -0.15) is 0 Å². The van der Waals surface area contributed by atoms with Crippen molar-refractivity contribution in [1.82, 2.24) is 0 Å². The summed E-state index contributed by atoms with van der Waals surface area (Å²) in [6.07, 6.45) is 4.92. The van der Waals surface area contributed by atoms with E-state index in [0.29, 0.717) is 19.3 Å². The first-order valence-electron chi connectivity index (χ1n) is 10.1. The molecular weight excluding hydrogens is 332 g/mol. The lowest BCUT2D eigenvalue weighted by Gasteiger charge is -2.61. The Hall–Kier alpha value is -0.750. The van der Waals surface area contributed by atoms with Crippen molar-refractivity contribution in [3.8, 4) is 0 Å². The van der Waals surface area contributed by atoms with Crippen molar-refractivity contribution in [2.45, 2.75) is 76.6 Å². The summed E-state index contributed by atoms with van der Waals surface area (Å²) in [4.78, 5) is 11.9. The van der Waals surface area contributed by atoms with E-state index in [1.54, 1.807) is 0 Å². The van der Waals surface area contributed by atoms with E-state index in [4.69, 9.17) is 0 Å². The second-order valence-corrected chi connectivity index (χ2v) is 9.74. The lowest BCUT2D eigenvalue weighted by Crippen LogP contribution is -2.63. The maximum Gasteiger partial charge on any atom is 0.155 e. The summed E-state index contributed by atoms with van der Waals surface area (Å²) in [5.74, 6) is 0.798. The number of carbonyl (C=O) groups excluding carboxylic acids is 1. The molecule has 3 saturated carbocycles.